The fraction of sp³-hybridized carbons (Fsp3) is 0.400. The molecule has 3 rings (SSSR count). The molecule has 0 saturated heterocycles. The molecule has 2 aromatic rings. The molecule has 0 atom stereocenters. The molecule has 9 nitrogen and oxygen atoms in total. The van der Waals surface area contributed by atoms with Crippen LogP contribution in [-0.4, -0.2) is 39.3 Å². The van der Waals surface area contributed by atoms with E-state index in [1.165, 1.54) is 32.1 Å². The van der Waals surface area contributed by atoms with Gasteiger partial charge in [-0.2, -0.15) is 5.10 Å². The van der Waals surface area contributed by atoms with Gasteiger partial charge in [-0.25, -0.2) is 9.78 Å². The number of carbonyl (C=O) groups excluding carboxylic acids is 1. The molecule has 1 aliphatic carbocycles. The number of rotatable bonds is 7. The van der Waals surface area contributed by atoms with E-state index in [0.717, 1.165) is 5.69 Å². The second kappa shape index (κ2) is 6.65. The van der Waals surface area contributed by atoms with Gasteiger partial charge >= 0.3 is 11.7 Å². The molecule has 9 heteroatoms. The van der Waals surface area contributed by atoms with Crippen LogP contribution in [0.2, 0.25) is 0 Å². The summed E-state index contributed by atoms with van der Waals surface area (Å²) in [5.74, 6) is -0.0229. The number of pyridine rings is 1. The third kappa shape index (κ3) is 3.50. The minimum atomic E-state index is -0.644. The van der Waals surface area contributed by atoms with Crippen LogP contribution in [0, 0.1) is 10.1 Å². The van der Waals surface area contributed by atoms with Gasteiger partial charge in [0.1, 0.15) is 0 Å². The maximum Gasteiger partial charge on any atom is 0.356 e. The van der Waals surface area contributed by atoms with Crippen LogP contribution >= 0.6 is 0 Å². The standard InChI is InChI=1S/C15H17N5O4/c1-24-15(21)12-4-5-13(20(22)23)14(17-12)16-7-9-19-8-6-11(18-19)10-2-3-10/h4-6,8,10H,2-3,7,9H2,1H3,(H,16,17). The number of methoxy groups -OCH3 is 1. The van der Waals surface area contributed by atoms with Gasteiger partial charge in [-0.1, -0.05) is 0 Å². The van der Waals surface area contributed by atoms with Crippen LogP contribution in [0.3, 0.4) is 0 Å². The fourth-order valence-corrected chi connectivity index (χ4v) is 2.34. The number of nitro groups is 1. The summed E-state index contributed by atoms with van der Waals surface area (Å²) in [7, 11) is 1.23. The summed E-state index contributed by atoms with van der Waals surface area (Å²) in [6, 6.07) is 4.50. The molecule has 1 N–H and O–H groups in total. The summed E-state index contributed by atoms with van der Waals surface area (Å²) in [5.41, 5.74) is 0.911. The Balaban J connectivity index is 1.67. The Morgan fingerprint density at radius 2 is 2.25 bits per heavy atom. The molecule has 1 saturated carbocycles. The van der Waals surface area contributed by atoms with Gasteiger partial charge in [0.15, 0.2) is 5.69 Å². The van der Waals surface area contributed by atoms with Gasteiger partial charge in [0.25, 0.3) is 0 Å². The average molecular weight is 331 g/mol. The van der Waals surface area contributed by atoms with Gasteiger partial charge < -0.3 is 10.1 Å². The van der Waals surface area contributed by atoms with E-state index in [4.69, 9.17) is 0 Å². The van der Waals surface area contributed by atoms with E-state index < -0.39 is 10.9 Å². The monoisotopic (exact) mass is 331 g/mol. The maximum atomic E-state index is 11.5. The van der Waals surface area contributed by atoms with Crippen LogP contribution in [0.15, 0.2) is 24.4 Å². The van der Waals surface area contributed by atoms with Gasteiger partial charge in [0.2, 0.25) is 5.82 Å². The summed E-state index contributed by atoms with van der Waals surface area (Å²) < 4.78 is 6.37. The van der Waals surface area contributed by atoms with Crippen LogP contribution in [0.5, 0.6) is 0 Å². The highest BCUT2D eigenvalue weighted by Crippen LogP contribution is 2.38. The molecule has 0 radical (unpaired) electrons. The van der Waals surface area contributed by atoms with E-state index in [1.807, 2.05) is 12.3 Å². The van der Waals surface area contributed by atoms with Gasteiger partial charge in [-0.15, -0.1) is 0 Å². The molecule has 1 aliphatic rings. The van der Waals surface area contributed by atoms with Crippen molar-refractivity contribution >= 4 is 17.5 Å². The van der Waals surface area contributed by atoms with E-state index >= 15 is 0 Å². The molecule has 24 heavy (non-hydrogen) atoms. The first-order chi connectivity index (χ1) is 11.6. The number of hydrogen-bond donors (Lipinski definition) is 1. The topological polar surface area (TPSA) is 112 Å². The molecule has 1 fully saturated rings. The molecule has 2 heterocycles. The van der Waals surface area contributed by atoms with Gasteiger partial charge in [-0.3, -0.25) is 14.8 Å². The summed E-state index contributed by atoms with van der Waals surface area (Å²) in [5, 5.41) is 18.4. The Morgan fingerprint density at radius 3 is 2.92 bits per heavy atom. The smallest absolute Gasteiger partial charge is 0.356 e. The largest absolute Gasteiger partial charge is 0.464 e. The van der Waals surface area contributed by atoms with Crippen molar-refractivity contribution in [1.82, 2.24) is 14.8 Å². The van der Waals surface area contributed by atoms with Gasteiger partial charge in [0, 0.05) is 24.7 Å². The lowest BCUT2D eigenvalue weighted by molar-refractivity contribution is -0.384. The minimum absolute atomic E-state index is 0.0145. The second-order valence-corrected chi connectivity index (χ2v) is 5.52. The van der Waals surface area contributed by atoms with Crippen molar-refractivity contribution in [1.29, 1.82) is 0 Å². The molecule has 0 bridgehead atoms. The Labute approximate surface area is 137 Å². The van der Waals surface area contributed by atoms with E-state index in [-0.39, 0.29) is 17.2 Å². The Kier molecular flexibility index (Phi) is 4.41. The highest BCUT2D eigenvalue weighted by atomic mass is 16.6. The summed E-state index contributed by atoms with van der Waals surface area (Å²) in [6.07, 6.45) is 4.26. The molecule has 2 aromatic heterocycles. The highest BCUT2D eigenvalue weighted by molar-refractivity contribution is 5.88. The number of anilines is 1. The first kappa shape index (κ1) is 15.9. The maximum absolute atomic E-state index is 11.5. The second-order valence-electron chi connectivity index (χ2n) is 5.52. The van der Waals surface area contributed by atoms with Crippen LogP contribution in [0.1, 0.15) is 34.9 Å². The summed E-state index contributed by atoms with van der Waals surface area (Å²) in [6.45, 7) is 0.929. The molecule has 0 amide bonds. The third-order valence-electron chi connectivity index (χ3n) is 3.76. The number of carbonyl (C=O) groups is 1. The predicted octanol–water partition coefficient (Wildman–Crippen LogP) is 1.96. The number of aromatic nitrogens is 3. The molecule has 126 valence electrons. The predicted molar refractivity (Wildman–Crippen MR) is 84.9 cm³/mol. The lowest BCUT2D eigenvalue weighted by Gasteiger charge is -2.08. The van der Waals surface area contributed by atoms with E-state index in [1.54, 1.807) is 4.68 Å². The molecule has 0 unspecified atom stereocenters. The first-order valence-corrected chi connectivity index (χ1v) is 7.59. The number of esters is 1. The molecule has 0 spiro atoms. The summed E-state index contributed by atoms with van der Waals surface area (Å²) >= 11 is 0. The Hall–Kier alpha value is -2.97. The van der Waals surface area contributed by atoms with Crippen LogP contribution < -0.4 is 5.32 Å². The number of hydrogen-bond acceptors (Lipinski definition) is 7. The van der Waals surface area contributed by atoms with Gasteiger partial charge in [0.05, 0.1) is 24.3 Å². The summed E-state index contributed by atoms with van der Waals surface area (Å²) in [4.78, 5) is 26.0. The van der Waals surface area contributed by atoms with Crippen molar-refractivity contribution in [3.63, 3.8) is 0 Å². The Morgan fingerprint density at radius 1 is 1.46 bits per heavy atom. The quantitative estimate of drug-likeness (QED) is 0.469. The van der Waals surface area contributed by atoms with Crippen molar-refractivity contribution in [3.05, 3.63) is 45.9 Å². The van der Waals surface area contributed by atoms with Crippen molar-refractivity contribution in [2.24, 2.45) is 0 Å². The SMILES string of the molecule is COC(=O)c1ccc([N+](=O)[O-])c(NCCn2ccc(C3CC3)n2)n1. The zero-order valence-electron chi connectivity index (χ0n) is 13.1. The molecular weight excluding hydrogens is 314 g/mol. The van der Waals surface area contributed by atoms with Crippen molar-refractivity contribution < 1.29 is 14.5 Å². The number of nitrogens with zero attached hydrogens (tertiary/aromatic N) is 4. The molecular formula is C15H17N5O4. The van der Waals surface area contributed by atoms with Crippen LogP contribution in [0.25, 0.3) is 0 Å². The number of nitrogens with one attached hydrogen (secondary N) is 1. The van der Waals surface area contributed by atoms with Crippen LogP contribution in [0.4, 0.5) is 11.5 Å². The fourth-order valence-electron chi connectivity index (χ4n) is 2.34. The first-order valence-electron chi connectivity index (χ1n) is 7.59. The number of ether oxygens (including phenoxy) is 1. The van der Waals surface area contributed by atoms with Crippen LogP contribution in [-0.2, 0) is 11.3 Å². The van der Waals surface area contributed by atoms with Crippen molar-refractivity contribution in [2.45, 2.75) is 25.3 Å². The molecule has 0 aromatic carbocycles. The minimum Gasteiger partial charge on any atom is -0.464 e. The van der Waals surface area contributed by atoms with E-state index in [9.17, 15) is 14.9 Å². The average Bonchev–Trinajstić information content (AvgIpc) is 3.33. The Bertz CT molecular complexity index is 769. The normalized spacial score (nSPS) is 13.5. The zero-order chi connectivity index (χ0) is 17.1. The molecule has 0 aliphatic heterocycles. The van der Waals surface area contributed by atoms with Gasteiger partial charge in [-0.05, 0) is 25.0 Å². The van der Waals surface area contributed by atoms with E-state index in [2.05, 4.69) is 20.1 Å². The lowest BCUT2D eigenvalue weighted by atomic mass is 10.3. The highest BCUT2D eigenvalue weighted by Gasteiger charge is 2.25. The lowest BCUT2D eigenvalue weighted by Crippen LogP contribution is -2.14. The van der Waals surface area contributed by atoms with E-state index in [0.29, 0.717) is 19.0 Å². The third-order valence-corrected chi connectivity index (χ3v) is 3.76. The van der Waals surface area contributed by atoms with Crippen molar-refractivity contribution in [2.75, 3.05) is 19.0 Å². The zero-order valence-corrected chi connectivity index (χ0v) is 13.1. The van der Waals surface area contributed by atoms with Crippen molar-refractivity contribution in [3.8, 4) is 0 Å².